The number of fused-ring (bicyclic) bond motifs is 1. The summed E-state index contributed by atoms with van der Waals surface area (Å²) >= 11 is 5.81. The monoisotopic (exact) mass is 518 g/mol. The second-order valence-electron chi connectivity index (χ2n) is 7.70. The van der Waals surface area contributed by atoms with Gasteiger partial charge in [0.25, 0.3) is 0 Å². The number of aliphatic carboxylic acids is 1. The van der Waals surface area contributed by atoms with E-state index in [2.05, 4.69) is 20.1 Å². The van der Waals surface area contributed by atoms with Crippen LogP contribution >= 0.6 is 11.6 Å². The number of alkyl halides is 1. The quantitative estimate of drug-likeness (QED) is 0.140. The number of hydrogen-bond acceptors (Lipinski definition) is 13. The number of imidazole rings is 1. The SMILES string of the molecule is Nc1nc(Cl)nc2c1ncn2[C@@H]1O[C@H](COC(Cc2cc(CO)no2)(C(=O)O)C(O)O)[C@@H](O)[C@@H]1F. The number of aliphatic hydroxyl groups excluding tert-OH is 3. The minimum atomic E-state index is -2.70. The van der Waals surface area contributed by atoms with Crippen LogP contribution in [0.25, 0.3) is 11.2 Å². The van der Waals surface area contributed by atoms with Crippen LogP contribution in [0.5, 0.6) is 0 Å². The summed E-state index contributed by atoms with van der Waals surface area (Å²) in [4.78, 5) is 23.7. The van der Waals surface area contributed by atoms with Gasteiger partial charge in [-0.05, 0) is 11.6 Å². The van der Waals surface area contributed by atoms with Crippen molar-refractivity contribution in [1.29, 1.82) is 0 Å². The third-order valence-corrected chi connectivity index (χ3v) is 5.65. The molecule has 0 aliphatic carbocycles. The number of carboxylic acid groups (broad SMARTS) is 1. The molecule has 190 valence electrons. The lowest BCUT2D eigenvalue weighted by Gasteiger charge is -2.31. The fourth-order valence-corrected chi connectivity index (χ4v) is 3.80. The summed E-state index contributed by atoms with van der Waals surface area (Å²) in [6.45, 7) is -1.27. The number of rotatable bonds is 9. The lowest BCUT2D eigenvalue weighted by Crippen LogP contribution is -2.55. The molecule has 1 aliphatic heterocycles. The van der Waals surface area contributed by atoms with Crippen LogP contribution in [0.1, 0.15) is 17.7 Å². The largest absolute Gasteiger partial charge is 0.479 e. The van der Waals surface area contributed by atoms with E-state index in [-0.39, 0.29) is 33.7 Å². The highest BCUT2D eigenvalue weighted by Gasteiger charge is 2.51. The zero-order chi connectivity index (χ0) is 25.5. The smallest absolute Gasteiger partial charge is 0.341 e. The first-order chi connectivity index (χ1) is 16.6. The molecule has 3 aromatic rings. The summed E-state index contributed by atoms with van der Waals surface area (Å²) in [7, 11) is 0. The highest BCUT2D eigenvalue weighted by Crippen LogP contribution is 2.35. The minimum absolute atomic E-state index is 0.0274. The average Bonchev–Trinajstić information content (AvgIpc) is 3.50. The third kappa shape index (κ3) is 4.52. The predicted molar refractivity (Wildman–Crippen MR) is 110 cm³/mol. The van der Waals surface area contributed by atoms with Crippen LogP contribution in [-0.2, 0) is 27.3 Å². The van der Waals surface area contributed by atoms with Crippen LogP contribution < -0.4 is 5.73 Å². The summed E-state index contributed by atoms with van der Waals surface area (Å²) in [5.41, 5.74) is 3.25. The Kier molecular flexibility index (Phi) is 6.87. The van der Waals surface area contributed by atoms with Gasteiger partial charge in [0.15, 0.2) is 30.2 Å². The number of carbonyl (C=O) groups is 1. The summed E-state index contributed by atoms with van der Waals surface area (Å²) in [6.07, 6.45) is -8.91. The molecule has 15 nitrogen and oxygen atoms in total. The Morgan fingerprint density at radius 2 is 2.14 bits per heavy atom. The molecule has 35 heavy (non-hydrogen) atoms. The number of carboxylic acids is 1. The zero-order valence-electron chi connectivity index (χ0n) is 17.6. The first-order valence-corrected chi connectivity index (χ1v) is 10.4. The fourth-order valence-electron chi connectivity index (χ4n) is 3.63. The second-order valence-corrected chi connectivity index (χ2v) is 8.04. The molecule has 17 heteroatoms. The molecule has 1 fully saturated rings. The van der Waals surface area contributed by atoms with E-state index in [1.54, 1.807) is 0 Å². The van der Waals surface area contributed by atoms with Crippen LogP contribution in [0.3, 0.4) is 0 Å². The number of nitrogen functional groups attached to an aromatic ring is 1. The first-order valence-electron chi connectivity index (χ1n) is 9.99. The number of aliphatic hydroxyl groups is 4. The maximum Gasteiger partial charge on any atom is 0.341 e. The Morgan fingerprint density at radius 3 is 2.77 bits per heavy atom. The van der Waals surface area contributed by atoms with Crippen LogP contribution in [0, 0.1) is 0 Å². The van der Waals surface area contributed by atoms with E-state index in [9.17, 15) is 25.2 Å². The van der Waals surface area contributed by atoms with Crippen molar-refractivity contribution in [1.82, 2.24) is 24.7 Å². The van der Waals surface area contributed by atoms with Crippen molar-refractivity contribution in [2.24, 2.45) is 0 Å². The Morgan fingerprint density at radius 1 is 1.40 bits per heavy atom. The number of nitrogens with zero attached hydrogens (tertiary/aromatic N) is 5. The molecular formula is C18H20ClFN6O9. The highest BCUT2D eigenvalue weighted by atomic mass is 35.5. The van der Waals surface area contributed by atoms with E-state index in [4.69, 9.17) is 36.4 Å². The molecule has 0 amide bonds. The van der Waals surface area contributed by atoms with Crippen LogP contribution in [-0.4, -0.2) is 93.1 Å². The van der Waals surface area contributed by atoms with Gasteiger partial charge in [-0.2, -0.15) is 9.97 Å². The molecule has 0 saturated carbocycles. The van der Waals surface area contributed by atoms with Gasteiger partial charge in [0.05, 0.1) is 26.0 Å². The standard InChI is InChI=1S/C18H20ClFN6O9/c19-17-23-12(21)10-13(24-17)26(5-22-10)14-9(20)11(28)8(34-14)4-33-18(15(29)30,16(31)32)2-7-1-6(3-27)25-35-7/h1,5,8-9,11,14-15,27-30H,2-4H2,(H,31,32)(H2,21,23,24)/t8-,9+,11-,14-,18?/m1/s1. The van der Waals surface area contributed by atoms with Crippen molar-refractivity contribution in [2.45, 2.75) is 49.5 Å². The van der Waals surface area contributed by atoms with Crippen molar-refractivity contribution in [3.63, 3.8) is 0 Å². The molecular weight excluding hydrogens is 499 g/mol. The average molecular weight is 519 g/mol. The Labute approximate surface area is 199 Å². The molecule has 0 radical (unpaired) electrons. The Bertz CT molecular complexity index is 1220. The molecule has 1 aliphatic rings. The molecule has 0 aromatic carbocycles. The van der Waals surface area contributed by atoms with Crippen molar-refractivity contribution >= 4 is 34.6 Å². The van der Waals surface area contributed by atoms with Crippen LogP contribution in [0.4, 0.5) is 10.2 Å². The third-order valence-electron chi connectivity index (χ3n) is 5.48. The van der Waals surface area contributed by atoms with Crippen molar-refractivity contribution in [2.75, 3.05) is 12.3 Å². The van der Waals surface area contributed by atoms with Gasteiger partial charge in [0.1, 0.15) is 29.2 Å². The van der Waals surface area contributed by atoms with E-state index >= 15 is 4.39 Å². The van der Waals surface area contributed by atoms with Gasteiger partial charge in [0, 0.05) is 6.07 Å². The summed E-state index contributed by atoms with van der Waals surface area (Å²) in [5, 5.41) is 52.1. The molecule has 4 heterocycles. The molecule has 0 spiro atoms. The minimum Gasteiger partial charge on any atom is -0.479 e. The van der Waals surface area contributed by atoms with Gasteiger partial charge in [-0.25, -0.2) is 14.2 Å². The van der Waals surface area contributed by atoms with E-state index in [0.717, 1.165) is 10.9 Å². The van der Waals surface area contributed by atoms with Crippen LogP contribution in [0.2, 0.25) is 5.28 Å². The Hall–Kier alpha value is -2.99. The number of nitrogens with two attached hydrogens (primary N) is 1. The number of ether oxygens (including phenoxy) is 2. The van der Waals surface area contributed by atoms with Gasteiger partial charge in [-0.1, -0.05) is 5.16 Å². The number of hydrogen-bond donors (Lipinski definition) is 6. The predicted octanol–water partition coefficient (Wildman–Crippen LogP) is -1.47. The number of anilines is 1. The van der Waals surface area contributed by atoms with E-state index in [1.165, 1.54) is 6.07 Å². The highest BCUT2D eigenvalue weighted by molar-refractivity contribution is 6.28. The second kappa shape index (κ2) is 9.57. The zero-order valence-corrected chi connectivity index (χ0v) is 18.4. The van der Waals surface area contributed by atoms with Crippen LogP contribution in [0.15, 0.2) is 16.9 Å². The lowest BCUT2D eigenvalue weighted by atomic mass is 9.96. The van der Waals surface area contributed by atoms with E-state index < -0.39 is 62.1 Å². The van der Waals surface area contributed by atoms with Gasteiger partial charge < -0.3 is 45.3 Å². The maximum atomic E-state index is 15.0. The summed E-state index contributed by atoms with van der Waals surface area (Å²) in [6, 6.07) is 1.20. The lowest BCUT2D eigenvalue weighted by molar-refractivity contribution is -0.232. The summed E-state index contributed by atoms with van der Waals surface area (Å²) < 4.78 is 31.9. The van der Waals surface area contributed by atoms with Gasteiger partial charge >= 0.3 is 5.97 Å². The molecule has 0 bridgehead atoms. The molecule has 3 aromatic heterocycles. The first kappa shape index (κ1) is 25.1. The summed E-state index contributed by atoms with van der Waals surface area (Å²) in [5.74, 6) is -2.00. The van der Waals surface area contributed by atoms with E-state index in [0.29, 0.717) is 0 Å². The fraction of sp³-hybridized carbons (Fsp3) is 0.500. The van der Waals surface area contributed by atoms with Gasteiger partial charge in [0.2, 0.25) is 10.9 Å². The molecule has 4 rings (SSSR count). The maximum absolute atomic E-state index is 15.0. The molecule has 1 unspecified atom stereocenters. The van der Waals surface area contributed by atoms with Crippen molar-refractivity contribution in [3.8, 4) is 0 Å². The van der Waals surface area contributed by atoms with Crippen molar-refractivity contribution < 1.29 is 48.7 Å². The van der Waals surface area contributed by atoms with Gasteiger partial charge in [-0.3, -0.25) is 4.57 Å². The number of halogens is 2. The van der Waals surface area contributed by atoms with E-state index in [1.807, 2.05) is 0 Å². The van der Waals surface area contributed by atoms with Crippen molar-refractivity contribution in [3.05, 3.63) is 29.1 Å². The van der Waals surface area contributed by atoms with Gasteiger partial charge in [-0.15, -0.1) is 0 Å². The Balaban J connectivity index is 1.55. The topological polar surface area (TPSA) is 232 Å². The number of aromatic nitrogens is 5. The molecule has 1 saturated heterocycles. The molecule has 7 N–H and O–H groups in total. The normalized spacial score (nSPS) is 24.3. The molecule has 5 atom stereocenters.